The zero-order valence-electron chi connectivity index (χ0n) is 15.9. The monoisotopic (exact) mass is 383 g/mol. The molecule has 1 aliphatic heterocycles. The van der Waals surface area contributed by atoms with Crippen LogP contribution in [0.4, 0.5) is 5.69 Å². The second kappa shape index (κ2) is 7.95. The molecule has 1 heterocycles. The average molecular weight is 384 g/mol. The summed E-state index contributed by atoms with van der Waals surface area (Å²) in [6, 6.07) is 12.6. The van der Waals surface area contributed by atoms with Gasteiger partial charge in [0.2, 0.25) is 0 Å². The molecule has 2 aromatic carbocycles. The summed E-state index contributed by atoms with van der Waals surface area (Å²) in [6.07, 6.45) is 3.67. The maximum Gasteiger partial charge on any atom is 0.167 e. The molecular formula is C22H25NO3S. The van der Waals surface area contributed by atoms with E-state index >= 15 is 0 Å². The van der Waals surface area contributed by atoms with Crippen molar-refractivity contribution in [2.75, 3.05) is 44.6 Å². The molecule has 0 aromatic heterocycles. The third kappa shape index (κ3) is 3.71. The maximum absolute atomic E-state index is 13.0. The summed E-state index contributed by atoms with van der Waals surface area (Å²) in [4.78, 5) is 16.5. The molecule has 0 amide bonds. The predicted octanol–water partition coefficient (Wildman–Crippen LogP) is 3.85. The van der Waals surface area contributed by atoms with Gasteiger partial charge in [-0.05, 0) is 54.5 Å². The lowest BCUT2D eigenvalue weighted by atomic mass is 9.96. The summed E-state index contributed by atoms with van der Waals surface area (Å²) < 4.78 is 11.1. The first kappa shape index (κ1) is 18.4. The molecule has 1 fully saturated rings. The van der Waals surface area contributed by atoms with Gasteiger partial charge in [-0.2, -0.15) is 0 Å². The Morgan fingerprint density at radius 1 is 1.19 bits per heavy atom. The van der Waals surface area contributed by atoms with Gasteiger partial charge in [0.25, 0.3) is 0 Å². The largest absolute Gasteiger partial charge is 0.495 e. The number of thioether (sulfide) groups is 1. The zero-order valence-corrected chi connectivity index (χ0v) is 16.7. The lowest BCUT2D eigenvalue weighted by molar-refractivity contribution is 0.0936. The lowest BCUT2D eigenvalue weighted by Gasteiger charge is -2.30. The van der Waals surface area contributed by atoms with Crippen LogP contribution in [0, 0.1) is 5.92 Å². The first-order valence-corrected chi connectivity index (χ1v) is 10.6. The molecule has 0 saturated carbocycles. The van der Waals surface area contributed by atoms with E-state index in [-0.39, 0.29) is 11.7 Å². The number of benzene rings is 2. The molecule has 1 aliphatic carbocycles. The van der Waals surface area contributed by atoms with Crippen molar-refractivity contribution in [2.24, 2.45) is 5.92 Å². The summed E-state index contributed by atoms with van der Waals surface area (Å²) in [6.45, 7) is 3.17. The van der Waals surface area contributed by atoms with Crippen molar-refractivity contribution in [1.82, 2.24) is 0 Å². The van der Waals surface area contributed by atoms with E-state index in [4.69, 9.17) is 9.47 Å². The SMILES string of the molecule is COc1cc2c(cc1N1CCOCC1)CC(Cc1ccc(SC)cc1)C2=O. The second-order valence-electron chi connectivity index (χ2n) is 7.10. The van der Waals surface area contributed by atoms with Gasteiger partial charge in [0.15, 0.2) is 5.78 Å². The Morgan fingerprint density at radius 3 is 2.59 bits per heavy atom. The second-order valence-corrected chi connectivity index (χ2v) is 7.98. The van der Waals surface area contributed by atoms with E-state index in [0.717, 1.165) is 61.7 Å². The van der Waals surface area contributed by atoms with Crippen molar-refractivity contribution in [3.05, 3.63) is 53.1 Å². The minimum atomic E-state index is 0.0183. The number of nitrogens with zero attached hydrogens (tertiary/aromatic N) is 1. The van der Waals surface area contributed by atoms with Crippen molar-refractivity contribution < 1.29 is 14.3 Å². The minimum absolute atomic E-state index is 0.0183. The lowest BCUT2D eigenvalue weighted by Crippen LogP contribution is -2.36. The molecule has 2 aliphatic rings. The number of fused-ring (bicyclic) bond motifs is 1. The number of methoxy groups -OCH3 is 1. The number of anilines is 1. The molecule has 0 N–H and O–H groups in total. The van der Waals surface area contributed by atoms with Crippen molar-refractivity contribution >= 4 is 23.2 Å². The highest BCUT2D eigenvalue weighted by molar-refractivity contribution is 7.98. The Labute approximate surface area is 164 Å². The quantitative estimate of drug-likeness (QED) is 0.734. The van der Waals surface area contributed by atoms with Gasteiger partial charge in [0.05, 0.1) is 26.0 Å². The summed E-state index contributed by atoms with van der Waals surface area (Å²) in [5.41, 5.74) is 4.28. The molecule has 0 bridgehead atoms. The van der Waals surface area contributed by atoms with Crippen molar-refractivity contribution in [3.63, 3.8) is 0 Å². The van der Waals surface area contributed by atoms with Crippen LogP contribution >= 0.6 is 11.8 Å². The first-order valence-electron chi connectivity index (χ1n) is 9.40. The molecule has 27 heavy (non-hydrogen) atoms. The van der Waals surface area contributed by atoms with Crippen LogP contribution in [-0.2, 0) is 17.6 Å². The molecule has 1 saturated heterocycles. The highest BCUT2D eigenvalue weighted by Gasteiger charge is 2.32. The van der Waals surface area contributed by atoms with Crippen LogP contribution in [0.3, 0.4) is 0 Å². The van der Waals surface area contributed by atoms with Gasteiger partial charge in [0, 0.05) is 29.5 Å². The van der Waals surface area contributed by atoms with Crippen LogP contribution in [0.2, 0.25) is 0 Å². The van der Waals surface area contributed by atoms with E-state index in [1.165, 1.54) is 10.5 Å². The number of ether oxygens (including phenoxy) is 2. The van der Waals surface area contributed by atoms with Crippen LogP contribution < -0.4 is 9.64 Å². The van der Waals surface area contributed by atoms with E-state index in [9.17, 15) is 4.79 Å². The van der Waals surface area contributed by atoms with Crippen LogP contribution in [0.25, 0.3) is 0 Å². The van der Waals surface area contributed by atoms with Gasteiger partial charge >= 0.3 is 0 Å². The molecule has 5 heteroatoms. The van der Waals surface area contributed by atoms with Gasteiger partial charge < -0.3 is 14.4 Å². The summed E-state index contributed by atoms with van der Waals surface area (Å²) in [7, 11) is 1.68. The first-order chi connectivity index (χ1) is 13.2. The van der Waals surface area contributed by atoms with Crippen LogP contribution in [0.15, 0.2) is 41.3 Å². The van der Waals surface area contributed by atoms with E-state index in [0.29, 0.717) is 0 Å². The number of hydrogen-bond acceptors (Lipinski definition) is 5. The fourth-order valence-corrected chi connectivity index (χ4v) is 4.42. The topological polar surface area (TPSA) is 38.8 Å². The van der Waals surface area contributed by atoms with E-state index in [2.05, 4.69) is 41.5 Å². The third-order valence-electron chi connectivity index (χ3n) is 5.50. The molecule has 1 atom stereocenters. The highest BCUT2D eigenvalue weighted by Crippen LogP contribution is 2.38. The summed E-state index contributed by atoms with van der Waals surface area (Å²) in [5, 5.41) is 0. The van der Waals surface area contributed by atoms with Crippen LogP contribution in [0.5, 0.6) is 5.75 Å². The molecule has 0 radical (unpaired) electrons. The van der Waals surface area contributed by atoms with E-state index in [1.54, 1.807) is 18.9 Å². The number of hydrogen-bond donors (Lipinski definition) is 0. The molecular weight excluding hydrogens is 358 g/mol. The molecule has 2 aromatic rings. The van der Waals surface area contributed by atoms with Gasteiger partial charge in [-0.3, -0.25) is 4.79 Å². The maximum atomic E-state index is 13.0. The van der Waals surface area contributed by atoms with Crippen molar-refractivity contribution in [1.29, 1.82) is 0 Å². The molecule has 0 spiro atoms. The van der Waals surface area contributed by atoms with E-state index < -0.39 is 0 Å². The fraction of sp³-hybridized carbons (Fsp3) is 0.409. The Morgan fingerprint density at radius 2 is 1.93 bits per heavy atom. The average Bonchev–Trinajstić information content (AvgIpc) is 3.03. The highest BCUT2D eigenvalue weighted by atomic mass is 32.2. The number of morpholine rings is 1. The van der Waals surface area contributed by atoms with Gasteiger partial charge in [-0.25, -0.2) is 0 Å². The molecule has 1 unspecified atom stereocenters. The number of Topliss-reactive ketones (excluding diaryl/α,β-unsaturated/α-hetero) is 1. The Bertz CT molecular complexity index is 828. The predicted molar refractivity (Wildman–Crippen MR) is 109 cm³/mol. The Balaban J connectivity index is 1.57. The van der Waals surface area contributed by atoms with Gasteiger partial charge in [-0.1, -0.05) is 12.1 Å². The zero-order chi connectivity index (χ0) is 18.8. The number of rotatable bonds is 5. The van der Waals surface area contributed by atoms with E-state index in [1.807, 2.05) is 6.07 Å². The smallest absolute Gasteiger partial charge is 0.167 e. The number of carbonyl (C=O) groups excluding carboxylic acids is 1. The summed E-state index contributed by atoms with van der Waals surface area (Å²) in [5.74, 6) is 1.05. The minimum Gasteiger partial charge on any atom is -0.495 e. The number of ketones is 1. The third-order valence-corrected chi connectivity index (χ3v) is 6.24. The molecule has 4 rings (SSSR count). The standard InChI is InChI=1S/C22H25NO3S/c1-25-21-14-19-16(13-20(21)23-7-9-26-10-8-23)12-17(22(19)24)11-15-3-5-18(27-2)6-4-15/h3-6,13-14,17H,7-12H2,1-2H3. The normalized spacial score (nSPS) is 19.3. The Hall–Kier alpha value is -1.98. The molecule has 142 valence electrons. The summed E-state index contributed by atoms with van der Waals surface area (Å²) >= 11 is 1.74. The van der Waals surface area contributed by atoms with Crippen molar-refractivity contribution in [3.8, 4) is 5.75 Å². The van der Waals surface area contributed by atoms with Crippen LogP contribution in [0.1, 0.15) is 21.5 Å². The Kier molecular flexibility index (Phi) is 5.41. The van der Waals surface area contributed by atoms with Crippen LogP contribution in [-0.4, -0.2) is 45.5 Å². The van der Waals surface area contributed by atoms with Gasteiger partial charge in [0.1, 0.15) is 5.75 Å². The van der Waals surface area contributed by atoms with Gasteiger partial charge in [-0.15, -0.1) is 11.8 Å². The number of carbonyl (C=O) groups is 1. The van der Waals surface area contributed by atoms with Crippen molar-refractivity contribution in [2.45, 2.75) is 17.7 Å². The fourth-order valence-electron chi connectivity index (χ4n) is 4.01. The molecule has 4 nitrogen and oxygen atoms in total.